The Labute approximate surface area is 128 Å². The van der Waals surface area contributed by atoms with E-state index in [9.17, 15) is 9.59 Å². The number of rotatable bonds is 6. The molecule has 0 N–H and O–H groups in total. The van der Waals surface area contributed by atoms with Gasteiger partial charge in [-0.3, -0.25) is 4.79 Å². The topological polar surface area (TPSA) is 65.1 Å². The number of carbonyl (C=O) groups is 2. The van der Waals surface area contributed by atoms with E-state index in [-0.39, 0.29) is 11.7 Å². The van der Waals surface area contributed by atoms with Gasteiger partial charge in [-0.05, 0) is 12.1 Å². The molecule has 0 bridgehead atoms. The molecular formula is C14H19NO5S. The first kappa shape index (κ1) is 17.2. The Kier molecular flexibility index (Phi) is 6.36. The molecular weight excluding hydrogens is 294 g/mol. The van der Waals surface area contributed by atoms with Crippen molar-refractivity contribution in [2.24, 2.45) is 0 Å². The normalized spacial score (nSPS) is 9.95. The second kappa shape index (κ2) is 7.78. The quantitative estimate of drug-likeness (QED) is 0.588. The van der Waals surface area contributed by atoms with E-state index in [1.807, 2.05) is 0 Å². The van der Waals surface area contributed by atoms with Crippen molar-refractivity contribution in [3.05, 3.63) is 17.7 Å². The molecule has 1 aromatic carbocycles. The molecule has 0 heterocycles. The van der Waals surface area contributed by atoms with E-state index in [1.54, 1.807) is 26.2 Å². The van der Waals surface area contributed by atoms with Gasteiger partial charge in [0.2, 0.25) is 5.91 Å². The monoisotopic (exact) mass is 313 g/mol. The van der Waals surface area contributed by atoms with Gasteiger partial charge in [0.1, 0.15) is 0 Å². The van der Waals surface area contributed by atoms with Gasteiger partial charge in [-0.25, -0.2) is 4.79 Å². The highest BCUT2D eigenvalue weighted by atomic mass is 32.2. The van der Waals surface area contributed by atoms with Crippen LogP contribution in [0.25, 0.3) is 0 Å². The fourth-order valence-electron chi connectivity index (χ4n) is 1.54. The fraction of sp³-hybridized carbons (Fsp3) is 0.429. The number of carbonyl (C=O) groups excluding carboxylic acids is 2. The lowest BCUT2D eigenvalue weighted by Crippen LogP contribution is -2.23. The lowest BCUT2D eigenvalue weighted by Gasteiger charge is -2.15. The van der Waals surface area contributed by atoms with E-state index in [2.05, 4.69) is 0 Å². The van der Waals surface area contributed by atoms with Gasteiger partial charge >= 0.3 is 5.97 Å². The molecule has 116 valence electrons. The summed E-state index contributed by atoms with van der Waals surface area (Å²) in [5.41, 5.74) is 0.343. The molecule has 0 saturated carbocycles. The van der Waals surface area contributed by atoms with Gasteiger partial charge in [0.15, 0.2) is 11.5 Å². The zero-order chi connectivity index (χ0) is 16.0. The molecule has 0 radical (unpaired) electrons. The fourth-order valence-corrected chi connectivity index (χ4v) is 2.60. The van der Waals surface area contributed by atoms with Crippen LogP contribution in [0.2, 0.25) is 0 Å². The molecule has 0 aromatic heterocycles. The first-order valence-electron chi connectivity index (χ1n) is 6.11. The minimum atomic E-state index is -0.475. The summed E-state index contributed by atoms with van der Waals surface area (Å²) in [5, 5.41) is 0. The molecule has 0 atom stereocenters. The zero-order valence-electron chi connectivity index (χ0n) is 12.8. The largest absolute Gasteiger partial charge is 0.493 e. The maximum atomic E-state index is 11.7. The molecule has 0 saturated heterocycles. The number of benzene rings is 1. The average molecular weight is 313 g/mol. The zero-order valence-corrected chi connectivity index (χ0v) is 13.6. The molecule has 0 fully saturated rings. The predicted octanol–water partition coefficient (Wildman–Crippen LogP) is 1.67. The highest BCUT2D eigenvalue weighted by Gasteiger charge is 2.18. The van der Waals surface area contributed by atoms with Crippen molar-refractivity contribution < 1.29 is 23.8 Å². The molecule has 6 nitrogen and oxygen atoms in total. The van der Waals surface area contributed by atoms with Gasteiger partial charge in [-0.15, -0.1) is 11.8 Å². The van der Waals surface area contributed by atoms with Crippen LogP contribution >= 0.6 is 11.8 Å². The van der Waals surface area contributed by atoms with Gasteiger partial charge in [0, 0.05) is 14.1 Å². The molecule has 1 amide bonds. The summed E-state index contributed by atoms with van der Waals surface area (Å²) in [6.45, 7) is 0. The molecule has 0 aliphatic carbocycles. The van der Waals surface area contributed by atoms with Crippen molar-refractivity contribution in [3.8, 4) is 11.5 Å². The van der Waals surface area contributed by atoms with Crippen LogP contribution < -0.4 is 9.47 Å². The minimum Gasteiger partial charge on any atom is -0.493 e. The number of hydrogen-bond donors (Lipinski definition) is 0. The second-order valence-corrected chi connectivity index (χ2v) is 5.30. The van der Waals surface area contributed by atoms with E-state index in [4.69, 9.17) is 14.2 Å². The molecule has 7 heteroatoms. The smallest absolute Gasteiger partial charge is 0.338 e. The third-order valence-corrected chi connectivity index (χ3v) is 3.72. The van der Waals surface area contributed by atoms with Gasteiger partial charge in [-0.1, -0.05) is 0 Å². The van der Waals surface area contributed by atoms with Gasteiger partial charge in [-0.2, -0.15) is 0 Å². The van der Waals surface area contributed by atoms with Crippen molar-refractivity contribution >= 4 is 23.6 Å². The van der Waals surface area contributed by atoms with Crippen LogP contribution in [0.15, 0.2) is 17.0 Å². The van der Waals surface area contributed by atoms with Crippen LogP contribution in [-0.4, -0.2) is 58.0 Å². The highest BCUT2D eigenvalue weighted by molar-refractivity contribution is 8.00. The number of esters is 1. The van der Waals surface area contributed by atoms with Crippen molar-refractivity contribution in [2.45, 2.75) is 4.90 Å². The van der Waals surface area contributed by atoms with E-state index < -0.39 is 5.97 Å². The summed E-state index contributed by atoms with van der Waals surface area (Å²) in [6, 6.07) is 3.17. The van der Waals surface area contributed by atoms with Crippen LogP contribution in [0.1, 0.15) is 10.4 Å². The summed E-state index contributed by atoms with van der Waals surface area (Å²) < 4.78 is 15.2. The van der Waals surface area contributed by atoms with Crippen molar-refractivity contribution in [1.29, 1.82) is 0 Å². The summed E-state index contributed by atoms with van der Waals surface area (Å²) in [6.07, 6.45) is 0. The van der Waals surface area contributed by atoms with E-state index in [0.29, 0.717) is 22.0 Å². The van der Waals surface area contributed by atoms with Crippen LogP contribution in [-0.2, 0) is 9.53 Å². The highest BCUT2D eigenvalue weighted by Crippen LogP contribution is 2.39. The van der Waals surface area contributed by atoms with Crippen molar-refractivity contribution in [3.63, 3.8) is 0 Å². The Morgan fingerprint density at radius 2 is 1.81 bits per heavy atom. The number of nitrogens with zero attached hydrogens (tertiary/aromatic N) is 1. The Balaban J connectivity index is 3.14. The summed E-state index contributed by atoms with van der Waals surface area (Å²) in [7, 11) is 7.67. The van der Waals surface area contributed by atoms with Crippen LogP contribution in [0.5, 0.6) is 11.5 Å². The average Bonchev–Trinajstić information content (AvgIpc) is 2.50. The summed E-state index contributed by atoms with van der Waals surface area (Å²) >= 11 is 1.28. The van der Waals surface area contributed by atoms with Crippen LogP contribution in [0.3, 0.4) is 0 Å². The maximum absolute atomic E-state index is 11.7. The third kappa shape index (κ3) is 4.29. The van der Waals surface area contributed by atoms with Gasteiger partial charge < -0.3 is 19.1 Å². The molecule has 0 unspecified atom stereocenters. The van der Waals surface area contributed by atoms with Gasteiger partial charge in [0.05, 0.1) is 37.5 Å². The van der Waals surface area contributed by atoms with Crippen LogP contribution in [0.4, 0.5) is 0 Å². The Bertz CT molecular complexity index is 530. The van der Waals surface area contributed by atoms with Crippen LogP contribution in [0, 0.1) is 0 Å². The van der Waals surface area contributed by atoms with Gasteiger partial charge in [0.25, 0.3) is 0 Å². The first-order chi connectivity index (χ1) is 9.94. The molecule has 0 aliphatic rings. The van der Waals surface area contributed by atoms with E-state index >= 15 is 0 Å². The Hall–Kier alpha value is -1.89. The minimum absolute atomic E-state index is 0.0375. The number of ether oxygens (including phenoxy) is 3. The number of amides is 1. The molecule has 21 heavy (non-hydrogen) atoms. The summed E-state index contributed by atoms with van der Waals surface area (Å²) in [5.74, 6) is 0.625. The lowest BCUT2D eigenvalue weighted by molar-refractivity contribution is -0.125. The Morgan fingerprint density at radius 1 is 1.14 bits per heavy atom. The van der Waals surface area contributed by atoms with E-state index in [1.165, 1.54) is 38.0 Å². The molecule has 1 aromatic rings. The lowest BCUT2D eigenvalue weighted by atomic mass is 10.2. The molecule has 0 spiro atoms. The molecule has 1 rings (SSSR count). The predicted molar refractivity (Wildman–Crippen MR) is 80.3 cm³/mol. The van der Waals surface area contributed by atoms with Crippen molar-refractivity contribution in [1.82, 2.24) is 4.90 Å². The number of methoxy groups -OCH3 is 3. The first-order valence-corrected chi connectivity index (χ1v) is 7.10. The number of thioether (sulfide) groups is 1. The maximum Gasteiger partial charge on any atom is 0.338 e. The standard InChI is InChI=1S/C14H19NO5S/c1-15(2)12(16)8-21-11-7-9(14(17)20-5)6-10(18-3)13(11)19-4/h6-7H,8H2,1-5H3. The molecule has 0 aliphatic heterocycles. The van der Waals surface area contributed by atoms with Crippen molar-refractivity contribution in [2.75, 3.05) is 41.2 Å². The summed E-state index contributed by atoms with van der Waals surface area (Å²) in [4.78, 5) is 25.5. The second-order valence-electron chi connectivity index (χ2n) is 4.28. The SMILES string of the molecule is COC(=O)c1cc(OC)c(OC)c(SCC(=O)N(C)C)c1. The number of hydrogen-bond acceptors (Lipinski definition) is 6. The van der Waals surface area contributed by atoms with E-state index in [0.717, 1.165) is 0 Å². The third-order valence-electron chi connectivity index (χ3n) is 2.72. The Morgan fingerprint density at radius 3 is 2.29 bits per heavy atom.